The first kappa shape index (κ1) is 19.7. The molecule has 0 aliphatic carbocycles. The number of carbonyl (C=O) groups is 1. The summed E-state index contributed by atoms with van der Waals surface area (Å²) >= 11 is 0. The van der Waals surface area contributed by atoms with E-state index in [4.69, 9.17) is 10.5 Å². The molecule has 0 bridgehead atoms. The number of morpholine rings is 1. The maximum atomic E-state index is 14.3. The Labute approximate surface area is 166 Å². The molecular formula is C21H22F3N3O2. The van der Waals surface area contributed by atoms with Crippen molar-refractivity contribution in [1.82, 2.24) is 5.32 Å². The molecule has 2 aliphatic heterocycles. The average Bonchev–Trinajstić information content (AvgIpc) is 3.11. The molecule has 1 fully saturated rings. The van der Waals surface area contributed by atoms with Crippen LogP contribution in [-0.4, -0.2) is 38.4 Å². The number of anilines is 1. The van der Waals surface area contributed by atoms with Crippen molar-refractivity contribution in [2.75, 3.05) is 31.2 Å². The third kappa shape index (κ3) is 3.82. The minimum atomic E-state index is -4.45. The van der Waals surface area contributed by atoms with Gasteiger partial charge in [0.05, 0.1) is 13.2 Å². The quantitative estimate of drug-likeness (QED) is 0.820. The molecule has 2 atom stereocenters. The lowest BCUT2D eigenvalue weighted by atomic mass is 9.85. The Balaban J connectivity index is 1.76. The van der Waals surface area contributed by atoms with Gasteiger partial charge in [0.25, 0.3) is 0 Å². The third-order valence-electron chi connectivity index (χ3n) is 5.58. The highest BCUT2D eigenvalue weighted by Crippen LogP contribution is 2.49. The van der Waals surface area contributed by atoms with Gasteiger partial charge < -0.3 is 20.7 Å². The summed E-state index contributed by atoms with van der Waals surface area (Å²) in [5, 5.41) is 3.01. The van der Waals surface area contributed by atoms with Crippen molar-refractivity contribution in [2.24, 2.45) is 5.73 Å². The second kappa shape index (κ2) is 7.68. The maximum Gasteiger partial charge on any atom is 0.397 e. The number of primary amides is 1. The van der Waals surface area contributed by atoms with Gasteiger partial charge in [0.15, 0.2) is 0 Å². The van der Waals surface area contributed by atoms with Crippen molar-refractivity contribution < 1.29 is 22.7 Å². The number of fused-ring (bicyclic) bond motifs is 1. The van der Waals surface area contributed by atoms with Gasteiger partial charge in [0.2, 0.25) is 5.91 Å². The Kier molecular flexibility index (Phi) is 5.23. The maximum absolute atomic E-state index is 14.3. The minimum Gasteiger partial charge on any atom is -0.378 e. The molecule has 2 aromatic carbocycles. The summed E-state index contributed by atoms with van der Waals surface area (Å²) in [6.07, 6.45) is -4.45. The largest absolute Gasteiger partial charge is 0.397 e. The number of nitrogens with zero attached hydrogens (tertiary/aromatic N) is 1. The van der Waals surface area contributed by atoms with Crippen molar-refractivity contribution >= 4 is 11.6 Å². The number of amides is 1. The Morgan fingerprint density at radius 1 is 1.17 bits per heavy atom. The van der Waals surface area contributed by atoms with E-state index in [1.807, 2.05) is 4.90 Å². The molecule has 29 heavy (non-hydrogen) atoms. The lowest BCUT2D eigenvalue weighted by Gasteiger charge is -2.35. The van der Waals surface area contributed by atoms with Crippen LogP contribution in [0, 0.1) is 0 Å². The molecule has 2 aromatic rings. The number of benzene rings is 2. The van der Waals surface area contributed by atoms with E-state index in [0.29, 0.717) is 48.7 Å². The van der Waals surface area contributed by atoms with Crippen molar-refractivity contribution in [3.8, 4) is 0 Å². The van der Waals surface area contributed by atoms with Crippen LogP contribution in [0.3, 0.4) is 0 Å². The molecule has 4 rings (SSSR count). The van der Waals surface area contributed by atoms with Crippen LogP contribution in [0.15, 0.2) is 42.5 Å². The van der Waals surface area contributed by atoms with E-state index >= 15 is 0 Å². The van der Waals surface area contributed by atoms with E-state index in [9.17, 15) is 18.0 Å². The van der Waals surface area contributed by atoms with Gasteiger partial charge in [-0.25, -0.2) is 0 Å². The fourth-order valence-corrected chi connectivity index (χ4v) is 4.23. The van der Waals surface area contributed by atoms with Crippen LogP contribution in [0.25, 0.3) is 0 Å². The molecule has 1 amide bonds. The molecule has 2 heterocycles. The fraction of sp³-hybridized carbons (Fsp3) is 0.381. The van der Waals surface area contributed by atoms with Gasteiger partial charge in [-0.3, -0.25) is 4.79 Å². The number of ether oxygens (including phenoxy) is 1. The summed E-state index contributed by atoms with van der Waals surface area (Å²) in [7, 11) is 0. The van der Waals surface area contributed by atoms with Crippen LogP contribution >= 0.6 is 0 Å². The van der Waals surface area contributed by atoms with Crippen LogP contribution < -0.4 is 16.0 Å². The molecule has 1 unspecified atom stereocenters. The number of alkyl halides is 3. The standard InChI is InChI=1S/C21H22F3N3O2/c22-21(23,24)18(16-3-1-2-4-17(16)27-7-9-29-10-8-27)19-15-6-5-13(20(25)28)11-14(15)12-26-19/h1-6,11,18-19,26H,7-10,12H2,(H2,25,28)/t18-,19?/m1/s1. The first-order chi connectivity index (χ1) is 13.9. The molecule has 3 N–H and O–H groups in total. The molecule has 5 nitrogen and oxygen atoms in total. The first-order valence-corrected chi connectivity index (χ1v) is 9.50. The number of nitrogens with one attached hydrogen (secondary N) is 1. The number of nitrogens with two attached hydrogens (primary N) is 1. The Morgan fingerprint density at radius 3 is 2.59 bits per heavy atom. The SMILES string of the molecule is NC(=O)c1ccc2c(c1)CNC2[C@@H](c1ccccc1N1CCOCC1)C(F)(F)F. The summed E-state index contributed by atoms with van der Waals surface area (Å²) in [5.74, 6) is -2.32. The number of halogens is 3. The minimum absolute atomic E-state index is 0.242. The summed E-state index contributed by atoms with van der Waals surface area (Å²) in [6.45, 7) is 2.35. The number of para-hydroxylation sites is 1. The Morgan fingerprint density at radius 2 is 1.90 bits per heavy atom. The van der Waals surface area contributed by atoms with Gasteiger partial charge >= 0.3 is 6.18 Å². The van der Waals surface area contributed by atoms with E-state index < -0.39 is 24.0 Å². The van der Waals surface area contributed by atoms with E-state index in [-0.39, 0.29) is 12.1 Å². The van der Waals surface area contributed by atoms with Gasteiger partial charge in [-0.05, 0) is 34.9 Å². The summed E-state index contributed by atoms with van der Waals surface area (Å²) in [5.41, 5.74) is 7.65. The van der Waals surface area contributed by atoms with Crippen LogP contribution in [0.2, 0.25) is 0 Å². The first-order valence-electron chi connectivity index (χ1n) is 9.50. The lowest BCUT2D eigenvalue weighted by Crippen LogP contribution is -2.39. The topological polar surface area (TPSA) is 67.6 Å². The molecule has 1 saturated heterocycles. The van der Waals surface area contributed by atoms with E-state index in [2.05, 4.69) is 5.32 Å². The summed E-state index contributed by atoms with van der Waals surface area (Å²) in [6, 6.07) is 10.4. The lowest BCUT2D eigenvalue weighted by molar-refractivity contribution is -0.157. The Hall–Kier alpha value is -2.58. The molecule has 0 saturated carbocycles. The smallest absolute Gasteiger partial charge is 0.378 e. The van der Waals surface area contributed by atoms with Crippen LogP contribution in [0.5, 0.6) is 0 Å². The third-order valence-corrected chi connectivity index (χ3v) is 5.58. The predicted octanol–water partition coefficient (Wildman–Crippen LogP) is 3.11. The van der Waals surface area contributed by atoms with Gasteiger partial charge in [-0.15, -0.1) is 0 Å². The second-order valence-electron chi connectivity index (χ2n) is 7.31. The molecule has 154 valence electrons. The monoisotopic (exact) mass is 405 g/mol. The number of carbonyl (C=O) groups excluding carboxylic acids is 1. The van der Waals surface area contributed by atoms with Crippen LogP contribution in [-0.2, 0) is 11.3 Å². The van der Waals surface area contributed by atoms with Crippen LogP contribution in [0.1, 0.15) is 39.0 Å². The molecular weight excluding hydrogens is 383 g/mol. The molecule has 8 heteroatoms. The van der Waals surface area contributed by atoms with Gasteiger partial charge in [0, 0.05) is 36.9 Å². The molecule has 0 aromatic heterocycles. The fourth-order valence-electron chi connectivity index (χ4n) is 4.23. The van der Waals surface area contributed by atoms with Crippen molar-refractivity contribution in [1.29, 1.82) is 0 Å². The zero-order valence-corrected chi connectivity index (χ0v) is 15.7. The van der Waals surface area contributed by atoms with Gasteiger partial charge in [-0.2, -0.15) is 13.2 Å². The molecule has 2 aliphatic rings. The zero-order valence-electron chi connectivity index (χ0n) is 15.7. The summed E-state index contributed by atoms with van der Waals surface area (Å²) < 4.78 is 48.4. The zero-order chi connectivity index (χ0) is 20.6. The highest BCUT2D eigenvalue weighted by Gasteiger charge is 2.49. The number of rotatable bonds is 4. The normalized spacial score (nSPS) is 20.4. The van der Waals surface area contributed by atoms with Gasteiger partial charge in [0.1, 0.15) is 5.92 Å². The highest BCUT2D eigenvalue weighted by molar-refractivity contribution is 5.93. The molecule has 0 spiro atoms. The molecule has 0 radical (unpaired) electrons. The van der Waals surface area contributed by atoms with E-state index in [0.717, 1.165) is 0 Å². The predicted molar refractivity (Wildman–Crippen MR) is 103 cm³/mol. The number of hydrogen-bond donors (Lipinski definition) is 2. The van der Waals surface area contributed by atoms with Crippen LogP contribution in [0.4, 0.5) is 18.9 Å². The Bertz CT molecular complexity index is 910. The van der Waals surface area contributed by atoms with E-state index in [1.54, 1.807) is 36.4 Å². The number of hydrogen-bond acceptors (Lipinski definition) is 4. The van der Waals surface area contributed by atoms with Crippen molar-refractivity contribution in [2.45, 2.75) is 24.7 Å². The summed E-state index contributed by atoms with van der Waals surface area (Å²) in [4.78, 5) is 13.4. The van der Waals surface area contributed by atoms with E-state index in [1.165, 1.54) is 6.07 Å². The highest BCUT2D eigenvalue weighted by atomic mass is 19.4. The second-order valence-corrected chi connectivity index (χ2v) is 7.31. The average molecular weight is 405 g/mol. The van der Waals surface area contributed by atoms with Crippen molar-refractivity contribution in [3.63, 3.8) is 0 Å². The van der Waals surface area contributed by atoms with Gasteiger partial charge in [-0.1, -0.05) is 24.3 Å². The van der Waals surface area contributed by atoms with Crippen molar-refractivity contribution in [3.05, 3.63) is 64.7 Å².